The number of nitrogens with one attached hydrogen (secondary N) is 2. The molecule has 10 nitrogen and oxygen atoms in total. The third kappa shape index (κ3) is 10.4. The Hall–Kier alpha value is -3.60. The van der Waals surface area contributed by atoms with Crippen molar-refractivity contribution in [2.75, 3.05) is 6.54 Å². The van der Waals surface area contributed by atoms with Crippen molar-refractivity contribution in [2.45, 2.75) is 71.8 Å². The van der Waals surface area contributed by atoms with Crippen LogP contribution in [0, 0.1) is 0 Å². The van der Waals surface area contributed by atoms with Crippen LogP contribution in [-0.2, 0) is 21.0 Å². The summed E-state index contributed by atoms with van der Waals surface area (Å²) in [5.41, 5.74) is 9.95. The molecule has 2 amide bonds. The van der Waals surface area contributed by atoms with Gasteiger partial charge in [-0.05, 0) is 54.5 Å². The second-order valence-corrected chi connectivity index (χ2v) is 9.11. The number of phenols is 2. The second-order valence-electron chi connectivity index (χ2n) is 9.11. The number of carbonyl (C=O) groups excluding carboxylic acids is 2. The lowest BCUT2D eigenvalue weighted by atomic mass is 9.93. The number of rotatable bonds is 14. The van der Waals surface area contributed by atoms with Crippen molar-refractivity contribution in [3.8, 4) is 11.5 Å². The highest BCUT2D eigenvalue weighted by Gasteiger charge is 2.20. The zero-order chi connectivity index (χ0) is 28.5. The molecule has 0 fully saturated rings. The van der Waals surface area contributed by atoms with Crippen molar-refractivity contribution < 1.29 is 29.8 Å². The van der Waals surface area contributed by atoms with E-state index in [9.17, 15) is 15.0 Å². The Labute approximate surface area is 224 Å². The number of primary amides is 1. The van der Waals surface area contributed by atoms with Crippen LogP contribution >= 0.6 is 0 Å². The Bertz CT molecular complexity index is 1040. The van der Waals surface area contributed by atoms with Gasteiger partial charge in [0.1, 0.15) is 11.5 Å². The lowest BCUT2D eigenvalue weighted by Gasteiger charge is -2.18. The molecule has 0 spiro atoms. The normalized spacial score (nSPS) is 11.3. The molecule has 0 aliphatic carbocycles. The Morgan fingerprint density at radius 1 is 1.05 bits per heavy atom. The number of aromatic hydroxyl groups is 2. The highest BCUT2D eigenvalue weighted by atomic mass is 16.6. The molecule has 0 saturated carbocycles. The zero-order valence-electron chi connectivity index (χ0n) is 22.5. The fraction of sp³-hybridized carbons (Fsp3) is 0.429. The van der Waals surface area contributed by atoms with Gasteiger partial charge in [0.05, 0.1) is 5.56 Å². The summed E-state index contributed by atoms with van der Waals surface area (Å²) in [7, 11) is 0. The molecule has 0 aliphatic rings. The van der Waals surface area contributed by atoms with E-state index in [2.05, 4.69) is 18.0 Å². The number of nitrogens with two attached hydrogens (primary N) is 2. The minimum Gasteiger partial charge on any atom is -0.508 e. The molecule has 38 heavy (non-hydrogen) atoms. The molecule has 2 rings (SSSR count). The van der Waals surface area contributed by atoms with Gasteiger partial charge < -0.3 is 26.1 Å². The maximum atomic E-state index is 11.0. The summed E-state index contributed by atoms with van der Waals surface area (Å²) >= 11 is 0. The monoisotopic (exact) mass is 530 g/mol. The predicted molar refractivity (Wildman–Crippen MR) is 148 cm³/mol. The van der Waals surface area contributed by atoms with Crippen LogP contribution in [-0.4, -0.2) is 34.3 Å². The summed E-state index contributed by atoms with van der Waals surface area (Å²) in [5, 5.41) is 32.7. The minimum atomic E-state index is -0.348. The first-order valence-electron chi connectivity index (χ1n) is 12.8. The molecule has 10 heteroatoms. The second kappa shape index (κ2) is 17.8. The van der Waals surface area contributed by atoms with Gasteiger partial charge in [-0.2, -0.15) is 5.90 Å². The summed E-state index contributed by atoms with van der Waals surface area (Å²) in [6, 6.07) is 11.2. The van der Waals surface area contributed by atoms with E-state index in [0.29, 0.717) is 29.7 Å². The summed E-state index contributed by atoms with van der Waals surface area (Å²) in [6.45, 7) is 7.57. The van der Waals surface area contributed by atoms with Crippen molar-refractivity contribution in [3.63, 3.8) is 0 Å². The highest BCUT2D eigenvalue weighted by Crippen LogP contribution is 2.39. The zero-order valence-corrected chi connectivity index (χ0v) is 22.5. The van der Waals surface area contributed by atoms with Crippen LogP contribution in [0.1, 0.15) is 87.5 Å². The van der Waals surface area contributed by atoms with E-state index >= 15 is 0 Å². The van der Waals surface area contributed by atoms with Crippen molar-refractivity contribution >= 4 is 23.6 Å². The maximum Gasteiger partial charge on any atom is 0.243 e. The van der Waals surface area contributed by atoms with Gasteiger partial charge >= 0.3 is 0 Å². The van der Waals surface area contributed by atoms with Crippen LogP contribution in [0.25, 0.3) is 11.3 Å². The maximum absolute atomic E-state index is 11.0. The van der Waals surface area contributed by atoms with E-state index in [1.165, 1.54) is 6.07 Å². The highest BCUT2D eigenvalue weighted by molar-refractivity contribution is 5.89. The number of phenolic OH excluding ortho intramolecular Hbond substituents is 2. The Balaban J connectivity index is 0.00000229. The van der Waals surface area contributed by atoms with E-state index in [0.717, 1.165) is 55.5 Å². The topological polar surface area (TPSA) is 180 Å². The summed E-state index contributed by atoms with van der Waals surface area (Å²) in [4.78, 5) is 24.9. The summed E-state index contributed by atoms with van der Waals surface area (Å²) in [5.74, 6) is 5.77. The van der Waals surface area contributed by atoms with Gasteiger partial charge in [-0.1, -0.05) is 57.9 Å². The lowest BCUT2D eigenvalue weighted by molar-refractivity contribution is -0.129. The van der Waals surface area contributed by atoms with Crippen LogP contribution in [0.3, 0.4) is 0 Å². The number of benzene rings is 2. The molecule has 2 aromatic carbocycles. The molecule has 0 atom stereocenters. The smallest absolute Gasteiger partial charge is 0.243 e. The Kier molecular flexibility index (Phi) is 15.2. The molecule has 0 bridgehead atoms. The third-order valence-corrected chi connectivity index (χ3v) is 5.92. The number of unbranched alkanes of at least 4 members (excludes halogenated alkanes) is 2. The number of hydroxylamine groups is 1. The quantitative estimate of drug-likeness (QED) is 0.0477. The van der Waals surface area contributed by atoms with E-state index in [4.69, 9.17) is 20.7 Å². The van der Waals surface area contributed by atoms with Gasteiger partial charge in [0.2, 0.25) is 12.3 Å². The average Bonchev–Trinajstić information content (AvgIpc) is 2.89. The molecule has 0 saturated heterocycles. The van der Waals surface area contributed by atoms with Gasteiger partial charge in [-0.25, -0.2) is 5.48 Å². The first kappa shape index (κ1) is 32.4. The number of amides is 2. The Morgan fingerprint density at radius 2 is 1.71 bits per heavy atom. The van der Waals surface area contributed by atoms with Gasteiger partial charge in [-0.3, -0.25) is 14.8 Å². The third-order valence-electron chi connectivity index (χ3n) is 5.92. The molecule has 9 N–H and O–H groups in total. The van der Waals surface area contributed by atoms with Crippen LogP contribution < -0.4 is 22.4 Å². The van der Waals surface area contributed by atoms with E-state index in [-0.39, 0.29) is 29.7 Å². The largest absolute Gasteiger partial charge is 0.508 e. The molecular weight excluding hydrogens is 488 g/mol. The van der Waals surface area contributed by atoms with Crippen LogP contribution in [0.2, 0.25) is 0 Å². The lowest BCUT2D eigenvalue weighted by Crippen LogP contribution is -2.18. The first-order valence-corrected chi connectivity index (χ1v) is 12.8. The molecule has 0 radical (unpaired) electrons. The number of hydrogen-bond acceptors (Lipinski definition) is 8. The number of allylic oxidation sites excluding steroid dienone is 1. The van der Waals surface area contributed by atoms with E-state index < -0.39 is 0 Å². The van der Waals surface area contributed by atoms with E-state index in [1.807, 2.05) is 38.1 Å². The summed E-state index contributed by atoms with van der Waals surface area (Å²) in [6.07, 6.45) is 4.76. The molecule has 210 valence electrons. The standard InChI is InChI=1S/C27H39N3O5.CH3NO/c1-4-8-21(27(35-28)23-15-22(18(2)3)24(31)16-25(23)32)20-12-10-19(11-13-20)17-29-14-7-5-6-9-26(33)30-34;2-1-3/h10-13,15-16,18,29,31-32,34H,4-9,14,17,28H2,1-3H3,(H,30,33);1H,(H2,2,3)/b27-21+;. The summed E-state index contributed by atoms with van der Waals surface area (Å²) < 4.78 is 0. The van der Waals surface area contributed by atoms with Crippen molar-refractivity contribution in [2.24, 2.45) is 11.6 Å². The van der Waals surface area contributed by atoms with Gasteiger partial charge in [0.25, 0.3) is 0 Å². The molecule has 2 aromatic rings. The van der Waals surface area contributed by atoms with Crippen molar-refractivity contribution in [1.29, 1.82) is 0 Å². The van der Waals surface area contributed by atoms with Crippen LogP contribution in [0.5, 0.6) is 11.5 Å². The molecule has 0 heterocycles. The SMILES string of the molecule is CCC/C(=C(\ON)c1cc(C(C)C)c(O)cc1O)c1ccc(CNCCCCCC(=O)NO)cc1.NC=O. The molecule has 0 unspecified atom stereocenters. The molecule has 0 aromatic heterocycles. The van der Waals surface area contributed by atoms with Crippen molar-refractivity contribution in [1.82, 2.24) is 10.8 Å². The fourth-order valence-corrected chi connectivity index (χ4v) is 4.00. The predicted octanol–water partition coefficient (Wildman–Crippen LogP) is 4.04. The molecule has 0 aliphatic heterocycles. The van der Waals surface area contributed by atoms with E-state index in [1.54, 1.807) is 11.5 Å². The average molecular weight is 531 g/mol. The van der Waals surface area contributed by atoms with Crippen LogP contribution in [0.4, 0.5) is 0 Å². The van der Waals surface area contributed by atoms with Gasteiger partial charge in [0.15, 0.2) is 5.76 Å². The van der Waals surface area contributed by atoms with Gasteiger partial charge in [0, 0.05) is 24.6 Å². The van der Waals surface area contributed by atoms with Gasteiger partial charge in [-0.15, -0.1) is 0 Å². The number of carbonyl (C=O) groups is 2. The number of hydrogen-bond donors (Lipinski definition) is 7. The Morgan fingerprint density at radius 3 is 2.26 bits per heavy atom. The van der Waals surface area contributed by atoms with Crippen molar-refractivity contribution in [3.05, 3.63) is 58.7 Å². The van der Waals surface area contributed by atoms with Crippen LogP contribution in [0.15, 0.2) is 36.4 Å². The first-order chi connectivity index (χ1) is 18.2. The fourth-order valence-electron chi connectivity index (χ4n) is 4.00. The minimum absolute atomic E-state index is 0.0437. The molecular formula is C28H42N4O6.